The Hall–Kier alpha value is -2.34. The highest BCUT2D eigenvalue weighted by Crippen LogP contribution is 2.34. The van der Waals surface area contributed by atoms with E-state index in [1.54, 1.807) is 31.5 Å². The van der Waals surface area contributed by atoms with Crippen molar-refractivity contribution in [3.8, 4) is 17.0 Å². The second-order valence-corrected chi connectivity index (χ2v) is 4.34. The number of anilines is 1. The number of benzene rings is 1. The lowest BCUT2D eigenvalue weighted by Gasteiger charge is -2.09. The lowest BCUT2D eigenvalue weighted by molar-refractivity contribution is 0.416. The molecule has 1 aromatic carbocycles. The molecule has 0 amide bonds. The van der Waals surface area contributed by atoms with Crippen LogP contribution in [0.5, 0.6) is 5.75 Å². The Morgan fingerprint density at radius 1 is 1.32 bits per heavy atom. The van der Waals surface area contributed by atoms with Crippen LogP contribution < -0.4 is 10.5 Å². The van der Waals surface area contributed by atoms with E-state index in [9.17, 15) is 0 Å². The molecule has 0 bridgehead atoms. The van der Waals surface area contributed by atoms with Crippen molar-refractivity contribution in [1.29, 1.82) is 0 Å². The molecule has 0 spiro atoms. The molecule has 0 saturated heterocycles. The monoisotopic (exact) mass is 275 g/mol. The molecule has 6 nitrogen and oxygen atoms in total. The summed E-state index contributed by atoms with van der Waals surface area (Å²) in [6.45, 7) is 0. The number of halogens is 1. The van der Waals surface area contributed by atoms with Gasteiger partial charge in [0.15, 0.2) is 5.65 Å². The molecular weight excluding hydrogens is 266 g/mol. The number of aromatic nitrogens is 4. The average Bonchev–Trinajstić information content (AvgIpc) is 2.85. The number of H-pyrrole nitrogens is 1. The number of aromatic amines is 1. The Bertz CT molecular complexity index is 755. The quantitative estimate of drug-likeness (QED) is 0.749. The van der Waals surface area contributed by atoms with E-state index < -0.39 is 0 Å². The van der Waals surface area contributed by atoms with E-state index in [2.05, 4.69) is 20.2 Å². The number of rotatable bonds is 2. The molecule has 0 atom stereocenters. The van der Waals surface area contributed by atoms with Gasteiger partial charge in [0.1, 0.15) is 5.75 Å². The van der Waals surface area contributed by atoms with E-state index in [1.807, 2.05) is 0 Å². The first kappa shape index (κ1) is 11.7. The molecule has 0 aliphatic carbocycles. The summed E-state index contributed by atoms with van der Waals surface area (Å²) in [5.74, 6) is 0.818. The van der Waals surface area contributed by atoms with Crippen molar-refractivity contribution < 1.29 is 4.74 Å². The first-order valence-electron chi connectivity index (χ1n) is 5.49. The summed E-state index contributed by atoms with van der Waals surface area (Å²) in [6.07, 6.45) is 1.64. The summed E-state index contributed by atoms with van der Waals surface area (Å²) < 4.78 is 5.33. The van der Waals surface area contributed by atoms with Gasteiger partial charge < -0.3 is 10.5 Å². The summed E-state index contributed by atoms with van der Waals surface area (Å²) in [5, 5.41) is 8.06. The predicted octanol–water partition coefficient (Wildman–Crippen LogP) is 2.26. The van der Waals surface area contributed by atoms with Crippen LogP contribution in [0.25, 0.3) is 22.3 Å². The molecule has 96 valence electrons. The zero-order valence-corrected chi connectivity index (χ0v) is 10.8. The van der Waals surface area contributed by atoms with Gasteiger partial charge in [0.25, 0.3) is 0 Å². The van der Waals surface area contributed by atoms with Crippen molar-refractivity contribution in [3.63, 3.8) is 0 Å². The van der Waals surface area contributed by atoms with Crippen LogP contribution in [-0.2, 0) is 0 Å². The molecule has 0 aliphatic rings. The number of ether oxygens (including phenoxy) is 1. The molecule has 2 heterocycles. The number of hydrogen-bond acceptors (Lipinski definition) is 5. The lowest BCUT2D eigenvalue weighted by atomic mass is 10.1. The molecule has 0 fully saturated rings. The van der Waals surface area contributed by atoms with Crippen molar-refractivity contribution in [2.75, 3.05) is 12.8 Å². The van der Waals surface area contributed by atoms with Gasteiger partial charge in [-0.05, 0) is 18.2 Å². The summed E-state index contributed by atoms with van der Waals surface area (Å²) in [4.78, 5) is 8.34. The van der Waals surface area contributed by atoms with Crippen LogP contribution in [0.2, 0.25) is 5.02 Å². The second-order valence-electron chi connectivity index (χ2n) is 3.91. The highest BCUT2D eigenvalue weighted by molar-refractivity contribution is 6.31. The van der Waals surface area contributed by atoms with Crippen molar-refractivity contribution >= 4 is 28.6 Å². The van der Waals surface area contributed by atoms with Crippen molar-refractivity contribution in [1.82, 2.24) is 20.2 Å². The summed E-state index contributed by atoms with van der Waals surface area (Å²) >= 11 is 6.03. The fourth-order valence-corrected chi connectivity index (χ4v) is 2.09. The molecule has 3 aromatic rings. The third-order valence-corrected chi connectivity index (χ3v) is 2.98. The van der Waals surface area contributed by atoms with Crippen molar-refractivity contribution in [2.45, 2.75) is 0 Å². The lowest BCUT2D eigenvalue weighted by Crippen LogP contribution is -1.98. The molecule has 0 unspecified atom stereocenters. The van der Waals surface area contributed by atoms with Crippen LogP contribution in [-0.4, -0.2) is 27.3 Å². The van der Waals surface area contributed by atoms with E-state index in [4.69, 9.17) is 22.1 Å². The molecule has 7 heteroatoms. The van der Waals surface area contributed by atoms with E-state index in [0.29, 0.717) is 22.1 Å². The van der Waals surface area contributed by atoms with Crippen LogP contribution in [0.4, 0.5) is 5.95 Å². The molecule has 3 rings (SSSR count). The molecule has 0 radical (unpaired) electrons. The highest BCUT2D eigenvalue weighted by atomic mass is 35.5. The van der Waals surface area contributed by atoms with E-state index in [0.717, 1.165) is 10.9 Å². The van der Waals surface area contributed by atoms with Crippen LogP contribution in [0.1, 0.15) is 0 Å². The molecular formula is C12H10ClN5O. The summed E-state index contributed by atoms with van der Waals surface area (Å²) in [7, 11) is 1.59. The number of fused-ring (bicyclic) bond motifs is 1. The first-order valence-corrected chi connectivity index (χ1v) is 5.87. The maximum absolute atomic E-state index is 6.03. The Labute approximate surface area is 113 Å². The second kappa shape index (κ2) is 4.40. The number of nitrogen functional groups attached to an aromatic ring is 1. The summed E-state index contributed by atoms with van der Waals surface area (Å²) in [6, 6.07) is 5.30. The third-order valence-electron chi connectivity index (χ3n) is 2.74. The van der Waals surface area contributed by atoms with Crippen LogP contribution >= 0.6 is 11.6 Å². The maximum atomic E-state index is 6.03. The van der Waals surface area contributed by atoms with Gasteiger partial charge in [-0.25, -0.2) is 4.98 Å². The van der Waals surface area contributed by atoms with E-state index in [-0.39, 0.29) is 5.95 Å². The Kier molecular flexibility index (Phi) is 2.72. The molecule has 0 saturated carbocycles. The molecule has 3 N–H and O–H groups in total. The zero-order chi connectivity index (χ0) is 13.4. The van der Waals surface area contributed by atoms with Crippen LogP contribution in [0.3, 0.4) is 0 Å². The Balaban J connectivity index is 2.35. The predicted molar refractivity (Wildman–Crippen MR) is 73.1 cm³/mol. The molecule has 2 aromatic heterocycles. The van der Waals surface area contributed by atoms with Gasteiger partial charge in [0.05, 0.1) is 24.4 Å². The fraction of sp³-hybridized carbons (Fsp3) is 0.0833. The number of hydrogen-bond donors (Lipinski definition) is 2. The third kappa shape index (κ3) is 1.96. The minimum absolute atomic E-state index is 0.161. The van der Waals surface area contributed by atoms with Gasteiger partial charge >= 0.3 is 0 Å². The van der Waals surface area contributed by atoms with Gasteiger partial charge in [0.2, 0.25) is 5.95 Å². The number of nitrogens with zero attached hydrogens (tertiary/aromatic N) is 3. The Morgan fingerprint density at radius 2 is 2.16 bits per heavy atom. The highest BCUT2D eigenvalue weighted by Gasteiger charge is 2.14. The topological polar surface area (TPSA) is 89.7 Å². The van der Waals surface area contributed by atoms with E-state index in [1.165, 1.54) is 0 Å². The smallest absolute Gasteiger partial charge is 0.222 e. The van der Waals surface area contributed by atoms with Crippen LogP contribution in [0.15, 0.2) is 24.4 Å². The van der Waals surface area contributed by atoms with Gasteiger partial charge in [-0.1, -0.05) is 11.6 Å². The number of nitrogens with two attached hydrogens (primary N) is 1. The van der Waals surface area contributed by atoms with Crippen LogP contribution in [0, 0.1) is 0 Å². The van der Waals surface area contributed by atoms with Gasteiger partial charge in [-0.2, -0.15) is 10.1 Å². The standard InChI is InChI=1S/C12H10ClN5O/c1-19-9-3-2-6(13)4-7(9)10-8-5-15-18-11(8)17-12(14)16-10/h2-5H,1H3,(H3,14,15,16,17,18). The first-order chi connectivity index (χ1) is 9.19. The van der Waals surface area contributed by atoms with Gasteiger partial charge in [-0.3, -0.25) is 5.10 Å². The molecule has 0 aliphatic heterocycles. The van der Waals surface area contributed by atoms with E-state index >= 15 is 0 Å². The number of nitrogens with one attached hydrogen (secondary N) is 1. The maximum Gasteiger partial charge on any atom is 0.222 e. The fourth-order valence-electron chi connectivity index (χ4n) is 1.92. The normalized spacial score (nSPS) is 10.8. The largest absolute Gasteiger partial charge is 0.496 e. The van der Waals surface area contributed by atoms with Gasteiger partial charge in [-0.15, -0.1) is 0 Å². The number of methoxy groups -OCH3 is 1. The Morgan fingerprint density at radius 3 is 2.95 bits per heavy atom. The zero-order valence-electron chi connectivity index (χ0n) is 10.0. The van der Waals surface area contributed by atoms with Crippen molar-refractivity contribution in [2.24, 2.45) is 0 Å². The van der Waals surface area contributed by atoms with Gasteiger partial charge in [0, 0.05) is 10.6 Å². The summed E-state index contributed by atoms with van der Waals surface area (Å²) in [5.41, 5.74) is 7.66. The van der Waals surface area contributed by atoms with Crippen molar-refractivity contribution in [3.05, 3.63) is 29.4 Å². The minimum atomic E-state index is 0.161. The molecule has 19 heavy (non-hydrogen) atoms. The average molecular weight is 276 g/mol. The minimum Gasteiger partial charge on any atom is -0.496 e. The SMILES string of the molecule is COc1ccc(Cl)cc1-c1nc(N)nc2[nH]ncc12.